The lowest BCUT2D eigenvalue weighted by Crippen LogP contribution is -2.18. The second-order valence-electron chi connectivity index (χ2n) is 4.69. The summed E-state index contributed by atoms with van der Waals surface area (Å²) in [5.74, 6) is 0.610. The minimum atomic E-state index is 0.610. The van der Waals surface area contributed by atoms with Crippen LogP contribution in [0.25, 0.3) is 11.3 Å². The quantitative estimate of drug-likeness (QED) is 0.896. The summed E-state index contributed by atoms with van der Waals surface area (Å²) in [6, 6.07) is 5.38. The van der Waals surface area contributed by atoms with Crippen molar-refractivity contribution in [3.05, 3.63) is 33.1 Å². The zero-order valence-corrected chi connectivity index (χ0v) is 13.1. The molecule has 0 unspecified atom stereocenters. The van der Waals surface area contributed by atoms with Crippen molar-refractivity contribution in [2.24, 2.45) is 5.92 Å². The first kappa shape index (κ1) is 14.7. The van der Waals surface area contributed by atoms with Crippen LogP contribution < -0.4 is 5.32 Å². The van der Waals surface area contributed by atoms with Gasteiger partial charge < -0.3 is 5.32 Å². The average molecular weight is 316 g/mol. The predicted octanol–water partition coefficient (Wildman–Crippen LogP) is 4.26. The highest BCUT2D eigenvalue weighted by Crippen LogP contribution is 2.32. The lowest BCUT2D eigenvalue weighted by atomic mass is 10.1. The summed E-state index contributed by atoms with van der Waals surface area (Å²) in [7, 11) is 0. The van der Waals surface area contributed by atoms with Crippen molar-refractivity contribution in [2.75, 3.05) is 6.54 Å². The number of benzene rings is 1. The van der Waals surface area contributed by atoms with Crippen LogP contribution in [0.5, 0.6) is 0 Å². The molecule has 0 amide bonds. The first-order valence-corrected chi connectivity index (χ1v) is 7.58. The van der Waals surface area contributed by atoms with E-state index in [9.17, 15) is 0 Å². The topological polar surface area (TPSA) is 37.8 Å². The van der Waals surface area contributed by atoms with Gasteiger partial charge in [-0.2, -0.15) is 0 Å². The number of hydrogen-bond acceptors (Lipinski definition) is 4. The first-order valence-electron chi connectivity index (χ1n) is 6.05. The molecule has 0 saturated carbocycles. The maximum atomic E-state index is 6.20. The van der Waals surface area contributed by atoms with Gasteiger partial charge in [0.2, 0.25) is 0 Å². The minimum absolute atomic E-state index is 0.610. The molecule has 0 aliphatic heterocycles. The van der Waals surface area contributed by atoms with E-state index in [4.69, 9.17) is 23.2 Å². The van der Waals surface area contributed by atoms with Crippen LogP contribution in [0.2, 0.25) is 10.0 Å². The molecule has 0 atom stereocenters. The molecular weight excluding hydrogens is 301 g/mol. The SMILES string of the molecule is CC(C)CNCc1snnc1-c1cc(Cl)ccc1Cl. The second-order valence-corrected chi connectivity index (χ2v) is 6.38. The highest BCUT2D eigenvalue weighted by Gasteiger charge is 2.13. The van der Waals surface area contributed by atoms with Gasteiger partial charge in [0.1, 0.15) is 5.69 Å². The fraction of sp³-hybridized carbons (Fsp3) is 0.385. The number of aromatic nitrogens is 2. The molecule has 1 aromatic carbocycles. The van der Waals surface area contributed by atoms with Crippen molar-refractivity contribution < 1.29 is 0 Å². The van der Waals surface area contributed by atoms with Crippen LogP contribution in [-0.4, -0.2) is 16.1 Å². The maximum absolute atomic E-state index is 6.20. The molecule has 3 nitrogen and oxygen atoms in total. The van der Waals surface area contributed by atoms with Gasteiger partial charge in [0.15, 0.2) is 0 Å². The normalized spacial score (nSPS) is 11.2. The highest BCUT2D eigenvalue weighted by molar-refractivity contribution is 7.06. The molecule has 0 bridgehead atoms. The Bertz CT molecular complexity index is 555. The van der Waals surface area contributed by atoms with E-state index < -0.39 is 0 Å². The summed E-state index contributed by atoms with van der Waals surface area (Å²) in [5.41, 5.74) is 1.65. The van der Waals surface area contributed by atoms with Crippen LogP contribution >= 0.6 is 34.7 Å². The minimum Gasteiger partial charge on any atom is -0.311 e. The third kappa shape index (κ3) is 3.89. The van der Waals surface area contributed by atoms with Gasteiger partial charge in [-0.1, -0.05) is 41.5 Å². The molecule has 0 spiro atoms. The lowest BCUT2D eigenvalue weighted by molar-refractivity contribution is 0.555. The van der Waals surface area contributed by atoms with Crippen LogP contribution in [0.4, 0.5) is 0 Å². The number of nitrogens with one attached hydrogen (secondary N) is 1. The van der Waals surface area contributed by atoms with Crippen LogP contribution in [0.3, 0.4) is 0 Å². The highest BCUT2D eigenvalue weighted by atomic mass is 35.5. The largest absolute Gasteiger partial charge is 0.311 e. The Morgan fingerprint density at radius 3 is 2.84 bits per heavy atom. The van der Waals surface area contributed by atoms with E-state index in [1.165, 1.54) is 11.5 Å². The molecule has 1 N–H and O–H groups in total. The van der Waals surface area contributed by atoms with Crippen LogP contribution in [0, 0.1) is 5.92 Å². The second kappa shape index (κ2) is 6.66. The van der Waals surface area contributed by atoms with Crippen molar-refractivity contribution in [3.8, 4) is 11.3 Å². The smallest absolute Gasteiger partial charge is 0.111 e. The number of nitrogens with zero attached hydrogens (tertiary/aromatic N) is 2. The average Bonchev–Trinajstić information content (AvgIpc) is 2.80. The maximum Gasteiger partial charge on any atom is 0.111 e. The molecule has 0 aliphatic carbocycles. The number of hydrogen-bond donors (Lipinski definition) is 1. The molecule has 19 heavy (non-hydrogen) atoms. The van der Waals surface area contributed by atoms with Crippen molar-refractivity contribution in [3.63, 3.8) is 0 Å². The van der Waals surface area contributed by atoms with E-state index in [0.717, 1.165) is 29.2 Å². The first-order chi connectivity index (χ1) is 9.08. The van der Waals surface area contributed by atoms with Gasteiger partial charge in [0, 0.05) is 17.1 Å². The van der Waals surface area contributed by atoms with Gasteiger partial charge >= 0.3 is 0 Å². The zero-order valence-electron chi connectivity index (χ0n) is 10.8. The van der Waals surface area contributed by atoms with Crippen LogP contribution in [0.1, 0.15) is 18.7 Å². The summed E-state index contributed by atoms with van der Waals surface area (Å²) in [6.07, 6.45) is 0. The zero-order chi connectivity index (χ0) is 13.8. The van der Waals surface area contributed by atoms with Gasteiger partial charge in [0.05, 0.1) is 9.90 Å². The fourth-order valence-corrected chi connectivity index (χ4v) is 2.69. The number of halogens is 2. The molecule has 0 saturated heterocycles. The van der Waals surface area contributed by atoms with Gasteiger partial charge in [-0.3, -0.25) is 0 Å². The van der Waals surface area contributed by atoms with E-state index >= 15 is 0 Å². The molecule has 6 heteroatoms. The summed E-state index contributed by atoms with van der Waals surface area (Å²) in [4.78, 5) is 1.07. The van der Waals surface area contributed by atoms with Crippen molar-refractivity contribution in [1.82, 2.24) is 14.9 Å². The molecule has 102 valence electrons. The van der Waals surface area contributed by atoms with Gasteiger partial charge in [-0.15, -0.1) is 5.10 Å². The third-order valence-corrected chi connectivity index (χ3v) is 3.86. The van der Waals surface area contributed by atoms with Crippen molar-refractivity contribution >= 4 is 34.7 Å². The summed E-state index contributed by atoms with van der Waals surface area (Å²) in [5, 5.41) is 8.85. The Labute approximate surface area is 127 Å². The Morgan fingerprint density at radius 2 is 2.11 bits per heavy atom. The van der Waals surface area contributed by atoms with Crippen LogP contribution in [-0.2, 0) is 6.54 Å². The van der Waals surface area contributed by atoms with Crippen LogP contribution in [0.15, 0.2) is 18.2 Å². The van der Waals surface area contributed by atoms with Crippen molar-refractivity contribution in [2.45, 2.75) is 20.4 Å². The Morgan fingerprint density at radius 1 is 1.32 bits per heavy atom. The summed E-state index contributed by atoms with van der Waals surface area (Å²) < 4.78 is 4.02. The number of rotatable bonds is 5. The van der Waals surface area contributed by atoms with Gasteiger partial charge in [-0.05, 0) is 42.2 Å². The fourth-order valence-electron chi connectivity index (χ4n) is 1.68. The molecule has 0 radical (unpaired) electrons. The lowest BCUT2D eigenvalue weighted by Gasteiger charge is -2.07. The van der Waals surface area contributed by atoms with E-state index in [-0.39, 0.29) is 0 Å². The van der Waals surface area contributed by atoms with Gasteiger partial charge in [-0.25, -0.2) is 0 Å². The molecule has 2 rings (SSSR count). The molecule has 0 fully saturated rings. The third-order valence-electron chi connectivity index (χ3n) is 2.58. The van der Waals surface area contributed by atoms with E-state index in [2.05, 4.69) is 28.8 Å². The Hall–Kier alpha value is -0.680. The Balaban J connectivity index is 2.21. The molecule has 0 aliphatic rings. The van der Waals surface area contributed by atoms with E-state index in [1.54, 1.807) is 12.1 Å². The molecular formula is C13H15Cl2N3S. The molecule has 2 aromatic rings. The van der Waals surface area contributed by atoms with E-state index in [1.807, 2.05) is 6.07 Å². The molecule has 1 heterocycles. The monoisotopic (exact) mass is 315 g/mol. The molecule has 1 aromatic heterocycles. The summed E-state index contributed by atoms with van der Waals surface area (Å²) in [6.45, 7) is 6.05. The van der Waals surface area contributed by atoms with Crippen molar-refractivity contribution in [1.29, 1.82) is 0 Å². The van der Waals surface area contributed by atoms with E-state index in [0.29, 0.717) is 16.0 Å². The Kier molecular flexibility index (Phi) is 5.16. The summed E-state index contributed by atoms with van der Waals surface area (Å²) >= 11 is 13.6. The predicted molar refractivity (Wildman–Crippen MR) is 81.9 cm³/mol. The standard InChI is InChI=1S/C13H15Cl2N3S/c1-8(2)6-16-7-12-13(17-18-19-12)10-5-9(14)3-4-11(10)15/h3-5,8,16H,6-7H2,1-2H3. The van der Waals surface area contributed by atoms with Gasteiger partial charge in [0.25, 0.3) is 0 Å².